The van der Waals surface area contributed by atoms with Crippen molar-refractivity contribution in [2.75, 3.05) is 6.54 Å². The lowest BCUT2D eigenvalue weighted by molar-refractivity contribution is 0.111. The minimum Gasteiger partial charge on any atom is -0.301 e. The van der Waals surface area contributed by atoms with Crippen molar-refractivity contribution in [3.05, 3.63) is 157 Å². The molecule has 0 spiro atoms. The number of nitriles is 3. The van der Waals surface area contributed by atoms with Gasteiger partial charge in [-0.15, -0.1) is 45.3 Å². The number of allylic oxidation sites excluding steroid dienone is 2. The second-order valence-electron chi connectivity index (χ2n) is 18.2. The molecule has 8 nitrogen and oxygen atoms in total. The largest absolute Gasteiger partial charge is 0.301 e. The van der Waals surface area contributed by atoms with Crippen LogP contribution in [-0.4, -0.2) is 19.1 Å². The second-order valence-corrected chi connectivity index (χ2v) is 22.5. The van der Waals surface area contributed by atoms with Crippen molar-refractivity contribution in [1.82, 2.24) is 0 Å². The first-order valence-corrected chi connectivity index (χ1v) is 23.7. The van der Waals surface area contributed by atoms with Crippen molar-refractivity contribution in [1.29, 1.82) is 15.8 Å². The van der Waals surface area contributed by atoms with Gasteiger partial charge in [-0.25, -0.2) is 26.8 Å². The monoisotopic (exact) mass is 936 g/mol. The predicted molar refractivity (Wildman–Crippen MR) is 272 cm³/mol. The summed E-state index contributed by atoms with van der Waals surface area (Å²) in [6.07, 6.45) is 5.26. The highest BCUT2D eigenvalue weighted by molar-refractivity contribution is 7.17. The van der Waals surface area contributed by atoms with Gasteiger partial charge in [0.1, 0.15) is 6.07 Å². The molecule has 0 bridgehead atoms. The number of benzene rings is 2. The third-order valence-corrected chi connectivity index (χ3v) is 18.0. The van der Waals surface area contributed by atoms with Gasteiger partial charge in [0.25, 0.3) is 17.9 Å². The Morgan fingerprint density at radius 1 is 0.530 bits per heavy atom. The van der Waals surface area contributed by atoms with E-state index in [0.717, 1.165) is 32.1 Å². The molecule has 6 aromatic rings. The van der Waals surface area contributed by atoms with Gasteiger partial charge < -0.3 is 4.85 Å². The lowest BCUT2D eigenvalue weighted by atomic mass is 9.80. The molecule has 2 aromatic carbocycles. The summed E-state index contributed by atoms with van der Waals surface area (Å²) in [4.78, 5) is 40.3. The normalized spacial score (nSPS) is 15.6. The predicted octanol–water partition coefficient (Wildman–Crippen LogP) is 15.3. The van der Waals surface area contributed by atoms with Gasteiger partial charge in [-0.3, -0.25) is 9.59 Å². The summed E-state index contributed by atoms with van der Waals surface area (Å²) >= 11 is 6.48. The standard InChI is InChI=1S/C28H18N4S2.C22H18O2S2.C3H2N2.CH4.H2/c1-27(2)23-11-19-20-9-17(7-15(13-29)31-5)34-26(20)28(3,4)22(19)12-21(23)25-24(27)10-18(33-25)8-16(14-30)32-6;1-21(2)17-7-13-14-5-11(9-23)26-20(14)22(3,4)16(13)8-15(17)19-18(21)6-12(10-24)25-19;1-5-3-2-4;;/h7-12H,1-4H3;5-10H,1-4H3;3H2;1H4;1H/b15-7+,16-8-;;;;. The van der Waals surface area contributed by atoms with Gasteiger partial charge in [-0.05, 0) is 127 Å². The molecule has 4 aromatic heterocycles. The van der Waals surface area contributed by atoms with Gasteiger partial charge in [0, 0.05) is 52.3 Å². The Kier molecular flexibility index (Phi) is 11.9. The number of carbonyl (C=O) groups excluding carboxylic acids is 2. The van der Waals surface area contributed by atoms with E-state index in [-0.39, 0.29) is 48.5 Å². The molecule has 66 heavy (non-hydrogen) atoms. The Morgan fingerprint density at radius 3 is 1.29 bits per heavy atom. The van der Waals surface area contributed by atoms with E-state index in [1.807, 2.05) is 24.3 Å². The molecule has 0 saturated carbocycles. The molecule has 12 heteroatoms. The van der Waals surface area contributed by atoms with E-state index in [1.54, 1.807) is 63.6 Å². The summed E-state index contributed by atoms with van der Waals surface area (Å²) in [7, 11) is 0. The Bertz CT molecular complexity index is 3170. The van der Waals surface area contributed by atoms with Crippen LogP contribution in [-0.2, 0) is 21.7 Å². The fraction of sp³-hybridized carbons (Fsp3) is 0.259. The maximum Gasteiger partial charge on any atom is 0.298 e. The molecule has 0 aliphatic heterocycles. The van der Waals surface area contributed by atoms with E-state index in [2.05, 4.69) is 106 Å². The van der Waals surface area contributed by atoms with Crippen molar-refractivity contribution in [2.24, 2.45) is 0 Å². The molecular formula is C54H44N6O2S4. The van der Waals surface area contributed by atoms with Crippen LogP contribution in [0, 0.1) is 53.7 Å². The minimum atomic E-state index is -0.197. The average molecular weight is 937 g/mol. The summed E-state index contributed by atoms with van der Waals surface area (Å²) in [6.45, 7) is 38.2. The number of rotatable bonds is 4. The summed E-state index contributed by atoms with van der Waals surface area (Å²) in [5.41, 5.74) is 14.6. The molecule has 4 aliphatic rings. The van der Waals surface area contributed by atoms with Crippen molar-refractivity contribution in [2.45, 2.75) is 84.5 Å². The molecular weight excluding hydrogens is 893 g/mol. The van der Waals surface area contributed by atoms with Crippen LogP contribution < -0.4 is 0 Å². The summed E-state index contributed by atoms with van der Waals surface area (Å²) < 4.78 is 0. The van der Waals surface area contributed by atoms with Crippen molar-refractivity contribution < 1.29 is 11.0 Å². The number of hydrogen-bond donors (Lipinski definition) is 0. The molecule has 4 heterocycles. The SMILES string of the molecule is C.CC1(C)c2cc3c(cc2-c2sc(C=O)cc21)C(C)(C)c1sc(C=O)cc1-3.[C-]#[N+]/C(C#N)=C\c1cc2c(s1)-c1cc3c(cc1C2(C)C)-c1cc(/C=C(\C#N)[N+]#[C-])sc1C3(C)C.[C-]#[N+]CC#N.[HH]. The fourth-order valence-corrected chi connectivity index (χ4v) is 14.4. The zero-order valence-electron chi connectivity index (χ0n) is 36.8. The van der Waals surface area contributed by atoms with Crippen LogP contribution in [0.15, 0.2) is 59.9 Å². The first-order valence-electron chi connectivity index (χ1n) is 20.4. The number of carbonyl (C=O) groups is 2. The average Bonchev–Trinajstić information content (AvgIpc) is 4.16. The summed E-state index contributed by atoms with van der Waals surface area (Å²) in [6, 6.07) is 23.2. The highest BCUT2D eigenvalue weighted by atomic mass is 32.1. The third kappa shape index (κ3) is 7.07. The van der Waals surface area contributed by atoms with Crippen LogP contribution in [0.1, 0.15) is 136 Å². The Morgan fingerprint density at radius 2 is 0.894 bits per heavy atom. The molecule has 0 fully saturated rings. The van der Waals surface area contributed by atoms with E-state index in [9.17, 15) is 9.59 Å². The zero-order valence-corrected chi connectivity index (χ0v) is 40.0. The zero-order chi connectivity index (χ0) is 47.0. The van der Waals surface area contributed by atoms with Crippen LogP contribution in [0.4, 0.5) is 0 Å². The molecule has 10 rings (SSSR count). The molecule has 0 amide bonds. The Balaban J connectivity index is 0.000000200. The van der Waals surface area contributed by atoms with Gasteiger partial charge in [0.15, 0.2) is 12.6 Å². The lowest BCUT2D eigenvalue weighted by Crippen LogP contribution is -2.16. The number of aldehydes is 2. The van der Waals surface area contributed by atoms with Gasteiger partial charge in [0.05, 0.1) is 35.0 Å². The number of nitrogens with zero attached hydrogens (tertiary/aromatic N) is 6. The van der Waals surface area contributed by atoms with E-state index in [1.165, 1.54) is 86.3 Å². The molecule has 0 atom stereocenters. The Hall–Kier alpha value is -7.00. The van der Waals surface area contributed by atoms with Crippen LogP contribution in [0.5, 0.6) is 0 Å². The molecule has 4 aliphatic carbocycles. The molecule has 0 saturated heterocycles. The van der Waals surface area contributed by atoms with Gasteiger partial charge in [-0.2, -0.15) is 5.26 Å². The second kappa shape index (κ2) is 16.8. The topological polar surface area (TPSA) is 119 Å². The number of hydrogen-bond acceptors (Lipinski definition) is 9. The maximum atomic E-state index is 11.3. The van der Waals surface area contributed by atoms with Crippen molar-refractivity contribution in [3.63, 3.8) is 0 Å². The van der Waals surface area contributed by atoms with Crippen molar-refractivity contribution >= 4 is 70.1 Å². The maximum absolute atomic E-state index is 11.3. The van der Waals surface area contributed by atoms with Crippen LogP contribution in [0.2, 0.25) is 0 Å². The summed E-state index contributed by atoms with van der Waals surface area (Å²) in [5, 5.41) is 25.9. The van der Waals surface area contributed by atoms with Crippen LogP contribution in [0.25, 0.3) is 69.8 Å². The van der Waals surface area contributed by atoms with Gasteiger partial charge >= 0.3 is 0 Å². The molecule has 0 unspecified atom stereocenters. The minimum absolute atomic E-state index is 0. The highest BCUT2D eigenvalue weighted by Crippen LogP contribution is 2.61. The number of fused-ring (bicyclic) bond motifs is 12. The number of thiophene rings is 4. The molecule has 326 valence electrons. The van der Waals surface area contributed by atoms with Crippen LogP contribution in [0.3, 0.4) is 0 Å². The lowest BCUT2D eigenvalue weighted by Gasteiger charge is -2.24. The van der Waals surface area contributed by atoms with Gasteiger partial charge in [0.2, 0.25) is 0 Å². The molecule has 0 radical (unpaired) electrons. The van der Waals surface area contributed by atoms with Gasteiger partial charge in [-0.1, -0.05) is 62.8 Å². The smallest absolute Gasteiger partial charge is 0.298 e. The highest BCUT2D eigenvalue weighted by Gasteiger charge is 2.45. The molecule has 0 N–H and O–H groups in total. The van der Waals surface area contributed by atoms with Crippen LogP contribution >= 0.6 is 45.3 Å². The third-order valence-electron chi connectivity index (χ3n) is 13.0. The first-order chi connectivity index (χ1) is 30.8. The Labute approximate surface area is 403 Å². The summed E-state index contributed by atoms with van der Waals surface area (Å²) in [5.74, 6) is 0. The quantitative estimate of drug-likeness (QED) is 0.0755. The van der Waals surface area contributed by atoms with E-state index < -0.39 is 0 Å². The fourth-order valence-electron chi connectivity index (χ4n) is 9.66. The van der Waals surface area contributed by atoms with Crippen molar-refractivity contribution in [3.8, 4) is 61.3 Å². The van der Waals surface area contributed by atoms with E-state index >= 15 is 0 Å². The van der Waals surface area contributed by atoms with E-state index in [4.69, 9.17) is 35.5 Å². The first kappa shape index (κ1) is 47.0. The van der Waals surface area contributed by atoms with E-state index in [0.29, 0.717) is 0 Å².